The molecule has 0 saturated carbocycles. The highest BCUT2D eigenvalue weighted by Gasteiger charge is 2.46. The standard InChI is InChI=1S/C32H28FNO4/c1-20(2)38-25-10-5-9-23(19-25)29-28(30(35)27-12-6-8-22-7-3-4-11-26(22)27)31(36)32(37)34(29)18-17-21-13-15-24(33)16-14-21/h3-16,19-20,29,35H,17-18H2,1-2H3/b30-28-. The second-order valence-electron chi connectivity index (χ2n) is 9.63. The fraction of sp³-hybridized carbons (Fsp3) is 0.188. The van der Waals surface area contributed by atoms with E-state index in [4.69, 9.17) is 4.74 Å². The Morgan fingerprint density at radius 3 is 2.42 bits per heavy atom. The van der Waals surface area contributed by atoms with Gasteiger partial charge in [0.15, 0.2) is 0 Å². The maximum atomic E-state index is 13.5. The van der Waals surface area contributed by atoms with Gasteiger partial charge in [-0.2, -0.15) is 0 Å². The van der Waals surface area contributed by atoms with Gasteiger partial charge >= 0.3 is 0 Å². The molecule has 38 heavy (non-hydrogen) atoms. The summed E-state index contributed by atoms with van der Waals surface area (Å²) in [4.78, 5) is 28.3. The first-order valence-corrected chi connectivity index (χ1v) is 12.6. The van der Waals surface area contributed by atoms with Crippen molar-refractivity contribution in [3.05, 3.63) is 119 Å². The van der Waals surface area contributed by atoms with Crippen molar-refractivity contribution in [2.75, 3.05) is 6.54 Å². The van der Waals surface area contributed by atoms with Crippen LogP contribution in [-0.2, 0) is 16.0 Å². The summed E-state index contributed by atoms with van der Waals surface area (Å²) in [5, 5.41) is 13.3. The molecule has 1 N–H and O–H groups in total. The summed E-state index contributed by atoms with van der Waals surface area (Å²) in [6, 6.07) is 25.6. The lowest BCUT2D eigenvalue weighted by Crippen LogP contribution is -2.31. The van der Waals surface area contributed by atoms with Crippen molar-refractivity contribution in [3.8, 4) is 5.75 Å². The summed E-state index contributed by atoms with van der Waals surface area (Å²) < 4.78 is 19.3. The Morgan fingerprint density at radius 1 is 0.947 bits per heavy atom. The summed E-state index contributed by atoms with van der Waals surface area (Å²) in [5.41, 5.74) is 2.01. The van der Waals surface area contributed by atoms with Crippen molar-refractivity contribution >= 4 is 28.2 Å². The fourth-order valence-corrected chi connectivity index (χ4v) is 4.96. The minimum atomic E-state index is -0.815. The number of nitrogens with zero attached hydrogens (tertiary/aromatic N) is 1. The summed E-state index contributed by atoms with van der Waals surface area (Å²) >= 11 is 0. The van der Waals surface area contributed by atoms with Crippen LogP contribution in [0.4, 0.5) is 4.39 Å². The highest BCUT2D eigenvalue weighted by atomic mass is 19.1. The predicted molar refractivity (Wildman–Crippen MR) is 145 cm³/mol. The number of Topliss-reactive ketones (excluding diaryl/α,β-unsaturated/α-hetero) is 1. The molecule has 6 heteroatoms. The van der Waals surface area contributed by atoms with E-state index in [0.29, 0.717) is 23.3 Å². The summed E-state index contributed by atoms with van der Waals surface area (Å²) in [5.74, 6) is -1.38. The van der Waals surface area contributed by atoms with Crippen LogP contribution in [0.25, 0.3) is 16.5 Å². The Morgan fingerprint density at radius 2 is 1.66 bits per heavy atom. The van der Waals surface area contributed by atoms with Crippen LogP contribution < -0.4 is 4.74 Å². The van der Waals surface area contributed by atoms with Crippen LogP contribution >= 0.6 is 0 Å². The molecule has 0 aliphatic carbocycles. The van der Waals surface area contributed by atoms with Gasteiger partial charge < -0.3 is 14.7 Å². The maximum absolute atomic E-state index is 13.5. The van der Waals surface area contributed by atoms with Crippen LogP contribution in [0.5, 0.6) is 5.75 Å². The van der Waals surface area contributed by atoms with Gasteiger partial charge in [-0.25, -0.2) is 4.39 Å². The molecule has 1 atom stereocenters. The topological polar surface area (TPSA) is 66.8 Å². The molecule has 1 unspecified atom stereocenters. The highest BCUT2D eigenvalue weighted by molar-refractivity contribution is 6.46. The third-order valence-corrected chi connectivity index (χ3v) is 6.68. The number of benzene rings is 4. The molecule has 0 radical (unpaired) electrons. The lowest BCUT2D eigenvalue weighted by atomic mass is 9.93. The Kier molecular flexibility index (Phi) is 6.97. The summed E-state index contributed by atoms with van der Waals surface area (Å²) in [6.45, 7) is 4.05. The van der Waals surface area contributed by atoms with E-state index >= 15 is 0 Å². The number of ketones is 1. The smallest absolute Gasteiger partial charge is 0.295 e. The van der Waals surface area contributed by atoms with E-state index < -0.39 is 17.7 Å². The molecule has 5 rings (SSSR count). The van der Waals surface area contributed by atoms with Gasteiger partial charge in [0.2, 0.25) is 0 Å². The van der Waals surface area contributed by atoms with Crippen molar-refractivity contribution in [1.82, 2.24) is 4.90 Å². The van der Waals surface area contributed by atoms with E-state index in [0.717, 1.165) is 16.3 Å². The van der Waals surface area contributed by atoms with E-state index in [1.807, 2.05) is 68.4 Å². The Hall–Kier alpha value is -4.45. The average Bonchev–Trinajstić information content (AvgIpc) is 3.17. The number of rotatable bonds is 7. The number of halogens is 1. The van der Waals surface area contributed by atoms with Gasteiger partial charge in [0, 0.05) is 12.1 Å². The number of aliphatic hydroxyl groups excluding tert-OH is 1. The highest BCUT2D eigenvalue weighted by Crippen LogP contribution is 2.41. The van der Waals surface area contributed by atoms with Crippen molar-refractivity contribution in [2.24, 2.45) is 0 Å². The minimum Gasteiger partial charge on any atom is -0.507 e. The number of hydrogen-bond donors (Lipinski definition) is 1. The molecular formula is C32H28FNO4. The van der Waals surface area contributed by atoms with Crippen molar-refractivity contribution in [3.63, 3.8) is 0 Å². The van der Waals surface area contributed by atoms with Gasteiger partial charge in [0.05, 0.1) is 17.7 Å². The van der Waals surface area contributed by atoms with Crippen LogP contribution in [0.15, 0.2) is 96.6 Å². The SMILES string of the molecule is CC(C)Oc1cccc(C2/C(=C(/O)c3cccc4ccccc34)C(=O)C(=O)N2CCc2ccc(F)cc2)c1. The minimum absolute atomic E-state index is 0.0344. The van der Waals surface area contributed by atoms with Crippen LogP contribution in [0, 0.1) is 5.82 Å². The molecule has 1 aliphatic heterocycles. The number of fused-ring (bicyclic) bond motifs is 1. The number of carbonyl (C=O) groups is 2. The number of hydrogen-bond acceptors (Lipinski definition) is 4. The molecule has 1 saturated heterocycles. The monoisotopic (exact) mass is 509 g/mol. The Balaban J connectivity index is 1.63. The zero-order valence-corrected chi connectivity index (χ0v) is 21.2. The summed E-state index contributed by atoms with van der Waals surface area (Å²) in [7, 11) is 0. The molecule has 1 amide bonds. The molecule has 5 nitrogen and oxygen atoms in total. The molecule has 0 aromatic heterocycles. The number of ether oxygens (including phenoxy) is 1. The normalized spacial score (nSPS) is 16.9. The van der Waals surface area contributed by atoms with Crippen LogP contribution in [0.2, 0.25) is 0 Å². The van der Waals surface area contributed by atoms with E-state index in [2.05, 4.69) is 0 Å². The first-order valence-electron chi connectivity index (χ1n) is 12.6. The lowest BCUT2D eigenvalue weighted by Gasteiger charge is -2.26. The first kappa shape index (κ1) is 25.2. The van der Waals surface area contributed by atoms with Gasteiger partial charge in [0.25, 0.3) is 11.7 Å². The van der Waals surface area contributed by atoms with Crippen molar-refractivity contribution in [2.45, 2.75) is 32.4 Å². The third kappa shape index (κ3) is 4.90. The Labute approximate surface area is 220 Å². The molecule has 0 bridgehead atoms. The number of aliphatic hydroxyl groups is 1. The zero-order valence-electron chi connectivity index (χ0n) is 21.2. The average molecular weight is 510 g/mol. The number of amides is 1. The lowest BCUT2D eigenvalue weighted by molar-refractivity contribution is -0.139. The Bertz CT molecular complexity index is 1540. The van der Waals surface area contributed by atoms with Crippen LogP contribution in [-0.4, -0.2) is 34.3 Å². The van der Waals surface area contributed by atoms with Gasteiger partial charge in [-0.15, -0.1) is 0 Å². The summed E-state index contributed by atoms with van der Waals surface area (Å²) in [6.07, 6.45) is 0.353. The first-order chi connectivity index (χ1) is 18.3. The largest absolute Gasteiger partial charge is 0.507 e. The quantitative estimate of drug-likeness (QED) is 0.177. The van der Waals surface area contributed by atoms with E-state index in [9.17, 15) is 19.1 Å². The third-order valence-electron chi connectivity index (χ3n) is 6.68. The van der Waals surface area contributed by atoms with Gasteiger partial charge in [0.1, 0.15) is 17.3 Å². The fourth-order valence-electron chi connectivity index (χ4n) is 4.96. The van der Waals surface area contributed by atoms with Crippen LogP contribution in [0.1, 0.15) is 36.6 Å². The van der Waals surface area contributed by atoms with E-state index in [1.54, 1.807) is 24.3 Å². The second-order valence-corrected chi connectivity index (χ2v) is 9.63. The molecule has 4 aromatic carbocycles. The van der Waals surface area contributed by atoms with Crippen molar-refractivity contribution < 1.29 is 23.8 Å². The molecule has 1 fully saturated rings. The molecule has 1 aliphatic rings. The van der Waals surface area contributed by atoms with Gasteiger partial charge in [-0.1, -0.05) is 66.7 Å². The zero-order chi connectivity index (χ0) is 26.8. The molecule has 0 spiro atoms. The number of likely N-dealkylation sites (tertiary alicyclic amines) is 1. The maximum Gasteiger partial charge on any atom is 0.295 e. The van der Waals surface area contributed by atoms with Crippen LogP contribution in [0.3, 0.4) is 0 Å². The molecule has 1 heterocycles. The van der Waals surface area contributed by atoms with Gasteiger partial charge in [-0.05, 0) is 66.4 Å². The van der Waals surface area contributed by atoms with Gasteiger partial charge in [-0.3, -0.25) is 9.59 Å². The van der Waals surface area contributed by atoms with Crippen molar-refractivity contribution in [1.29, 1.82) is 0 Å². The van der Waals surface area contributed by atoms with E-state index in [-0.39, 0.29) is 29.8 Å². The molecule has 4 aromatic rings. The number of carbonyl (C=O) groups excluding carboxylic acids is 2. The van der Waals surface area contributed by atoms with E-state index in [1.165, 1.54) is 17.0 Å². The molecule has 192 valence electrons. The predicted octanol–water partition coefficient (Wildman–Crippen LogP) is 6.43. The second kappa shape index (κ2) is 10.5. The molecular weight excluding hydrogens is 481 g/mol.